The second-order valence-corrected chi connectivity index (χ2v) is 3.87. The minimum absolute atomic E-state index is 0.158. The molecule has 0 amide bonds. The van der Waals surface area contributed by atoms with Crippen molar-refractivity contribution in [2.75, 3.05) is 7.05 Å². The van der Waals surface area contributed by atoms with E-state index in [1.165, 1.54) is 6.20 Å². The van der Waals surface area contributed by atoms with Crippen LogP contribution in [0.25, 0.3) is 0 Å². The molecule has 0 saturated heterocycles. The largest absolute Gasteiger partial charge is 0.434 e. The molecule has 0 radical (unpaired) electrons. The van der Waals surface area contributed by atoms with Crippen molar-refractivity contribution in [1.82, 2.24) is 15.3 Å². The van der Waals surface area contributed by atoms with E-state index in [9.17, 15) is 4.39 Å². The highest BCUT2D eigenvalue weighted by Gasteiger charge is 2.08. The predicted octanol–water partition coefficient (Wildman–Crippen LogP) is 2.44. The lowest BCUT2D eigenvalue weighted by Gasteiger charge is -2.07. The first-order chi connectivity index (χ1) is 8.70. The van der Waals surface area contributed by atoms with Crippen molar-refractivity contribution in [1.29, 1.82) is 0 Å². The number of nitrogens with one attached hydrogen (secondary N) is 1. The van der Waals surface area contributed by atoms with E-state index in [2.05, 4.69) is 15.3 Å². The number of benzene rings is 1. The maximum absolute atomic E-state index is 13.8. The molecule has 0 unspecified atom stereocenters. The third-order valence-electron chi connectivity index (χ3n) is 2.39. The Bertz CT molecular complexity index is 546. The van der Waals surface area contributed by atoms with Gasteiger partial charge in [0, 0.05) is 12.7 Å². The number of nitrogens with zero attached hydrogens (tertiary/aromatic N) is 2. The Balaban J connectivity index is 2.23. The quantitative estimate of drug-likeness (QED) is 0.901. The highest BCUT2D eigenvalue weighted by Crippen LogP contribution is 2.24. The van der Waals surface area contributed by atoms with Gasteiger partial charge in [0.2, 0.25) is 5.88 Å². The molecule has 1 aromatic heterocycles. The molecule has 1 aromatic carbocycles. The van der Waals surface area contributed by atoms with Crippen molar-refractivity contribution >= 4 is 0 Å². The van der Waals surface area contributed by atoms with Crippen molar-refractivity contribution in [3.63, 3.8) is 0 Å². The van der Waals surface area contributed by atoms with Crippen LogP contribution in [0.3, 0.4) is 0 Å². The molecule has 1 heterocycles. The van der Waals surface area contributed by atoms with Gasteiger partial charge in [0.25, 0.3) is 0 Å². The number of ether oxygens (including phenoxy) is 1. The molecular formula is C13H14FN3O. The van der Waals surface area contributed by atoms with E-state index in [1.807, 2.05) is 7.05 Å². The van der Waals surface area contributed by atoms with Gasteiger partial charge in [-0.05, 0) is 25.6 Å². The second kappa shape index (κ2) is 5.55. The maximum atomic E-state index is 13.8. The van der Waals surface area contributed by atoms with E-state index < -0.39 is 0 Å². The standard InChI is InChI=1S/C13H14FN3O/c1-9-4-3-5-11(13(9)14)18-12-8-16-7-10(17-12)6-15-2/h3-5,7-8,15H,6H2,1-2H3. The molecular weight excluding hydrogens is 233 g/mol. The van der Waals surface area contributed by atoms with E-state index in [1.54, 1.807) is 31.3 Å². The van der Waals surface area contributed by atoms with Crippen molar-refractivity contribution in [3.8, 4) is 11.6 Å². The van der Waals surface area contributed by atoms with Gasteiger partial charge in [-0.2, -0.15) is 0 Å². The van der Waals surface area contributed by atoms with Crippen LogP contribution in [-0.2, 0) is 6.54 Å². The summed E-state index contributed by atoms with van der Waals surface area (Å²) < 4.78 is 19.2. The maximum Gasteiger partial charge on any atom is 0.238 e. The number of rotatable bonds is 4. The van der Waals surface area contributed by atoms with Gasteiger partial charge in [0.1, 0.15) is 0 Å². The van der Waals surface area contributed by atoms with Gasteiger partial charge in [0.05, 0.1) is 11.9 Å². The van der Waals surface area contributed by atoms with Gasteiger partial charge in [-0.3, -0.25) is 4.98 Å². The number of aromatic nitrogens is 2. The van der Waals surface area contributed by atoms with Crippen LogP contribution < -0.4 is 10.1 Å². The van der Waals surface area contributed by atoms with E-state index >= 15 is 0 Å². The summed E-state index contributed by atoms with van der Waals surface area (Å²) in [7, 11) is 1.81. The van der Waals surface area contributed by atoms with Crippen LogP contribution in [0.5, 0.6) is 11.6 Å². The molecule has 1 N–H and O–H groups in total. The summed E-state index contributed by atoms with van der Waals surface area (Å²) >= 11 is 0. The molecule has 2 rings (SSSR count). The molecule has 0 aliphatic heterocycles. The summed E-state index contributed by atoms with van der Waals surface area (Å²) in [5.74, 6) is 0.0662. The lowest BCUT2D eigenvalue weighted by Crippen LogP contribution is -2.07. The highest BCUT2D eigenvalue weighted by atomic mass is 19.1. The van der Waals surface area contributed by atoms with Gasteiger partial charge in [-0.15, -0.1) is 0 Å². The minimum Gasteiger partial charge on any atom is -0.434 e. The zero-order valence-electron chi connectivity index (χ0n) is 10.3. The smallest absolute Gasteiger partial charge is 0.238 e. The molecule has 4 nitrogen and oxygen atoms in total. The van der Waals surface area contributed by atoms with Crippen LogP contribution in [0.1, 0.15) is 11.3 Å². The molecule has 0 saturated carbocycles. The van der Waals surface area contributed by atoms with Crippen LogP contribution in [0.4, 0.5) is 4.39 Å². The van der Waals surface area contributed by atoms with Gasteiger partial charge in [-0.1, -0.05) is 12.1 Å². The summed E-state index contributed by atoms with van der Waals surface area (Å²) in [6.45, 7) is 2.27. The van der Waals surface area contributed by atoms with Crippen molar-refractivity contribution < 1.29 is 9.13 Å². The first kappa shape index (κ1) is 12.4. The number of halogens is 1. The Morgan fingerprint density at radius 2 is 2.17 bits per heavy atom. The fourth-order valence-electron chi connectivity index (χ4n) is 1.51. The van der Waals surface area contributed by atoms with Gasteiger partial charge >= 0.3 is 0 Å². The molecule has 0 aliphatic carbocycles. The van der Waals surface area contributed by atoms with Crippen molar-refractivity contribution in [2.24, 2.45) is 0 Å². The molecule has 0 spiro atoms. The third kappa shape index (κ3) is 2.81. The molecule has 5 heteroatoms. The summed E-state index contributed by atoms with van der Waals surface area (Å²) in [5, 5.41) is 2.96. The van der Waals surface area contributed by atoms with E-state index in [-0.39, 0.29) is 17.4 Å². The van der Waals surface area contributed by atoms with E-state index in [4.69, 9.17) is 4.74 Å². The lowest BCUT2D eigenvalue weighted by molar-refractivity contribution is 0.421. The lowest BCUT2D eigenvalue weighted by atomic mass is 10.2. The average Bonchev–Trinajstić information content (AvgIpc) is 2.36. The molecule has 94 valence electrons. The Kier molecular flexibility index (Phi) is 3.84. The van der Waals surface area contributed by atoms with E-state index in [0.29, 0.717) is 12.1 Å². The Hall–Kier alpha value is -2.01. The zero-order valence-corrected chi connectivity index (χ0v) is 10.3. The van der Waals surface area contributed by atoms with E-state index in [0.717, 1.165) is 5.69 Å². The normalized spacial score (nSPS) is 10.4. The average molecular weight is 247 g/mol. The van der Waals surface area contributed by atoms with Crippen LogP contribution in [-0.4, -0.2) is 17.0 Å². The predicted molar refractivity (Wildman–Crippen MR) is 66.0 cm³/mol. The molecule has 0 bridgehead atoms. The molecule has 2 aromatic rings. The minimum atomic E-state index is -0.377. The molecule has 18 heavy (non-hydrogen) atoms. The Morgan fingerprint density at radius 3 is 2.94 bits per heavy atom. The first-order valence-corrected chi connectivity index (χ1v) is 5.59. The Labute approximate surface area is 105 Å². The third-order valence-corrected chi connectivity index (χ3v) is 2.39. The van der Waals surface area contributed by atoms with Gasteiger partial charge < -0.3 is 10.1 Å². The van der Waals surface area contributed by atoms with Crippen LogP contribution >= 0.6 is 0 Å². The van der Waals surface area contributed by atoms with Crippen LogP contribution in [0.15, 0.2) is 30.6 Å². The SMILES string of the molecule is CNCc1cncc(Oc2cccc(C)c2F)n1. The van der Waals surface area contributed by atoms with Crippen molar-refractivity contribution in [2.45, 2.75) is 13.5 Å². The topological polar surface area (TPSA) is 47.0 Å². The number of hydrogen-bond acceptors (Lipinski definition) is 4. The summed E-state index contributed by atoms with van der Waals surface area (Å²) in [6.07, 6.45) is 3.09. The van der Waals surface area contributed by atoms with Crippen LogP contribution in [0.2, 0.25) is 0 Å². The van der Waals surface area contributed by atoms with Gasteiger partial charge in [0.15, 0.2) is 11.6 Å². The second-order valence-electron chi connectivity index (χ2n) is 3.87. The van der Waals surface area contributed by atoms with Crippen LogP contribution in [0, 0.1) is 12.7 Å². The summed E-state index contributed by atoms with van der Waals surface area (Å²) in [6, 6.07) is 4.98. The molecule has 0 atom stereocenters. The summed E-state index contributed by atoms with van der Waals surface area (Å²) in [5.41, 5.74) is 1.27. The number of aryl methyl sites for hydroxylation is 1. The fourth-order valence-corrected chi connectivity index (χ4v) is 1.51. The molecule has 0 fully saturated rings. The zero-order chi connectivity index (χ0) is 13.0. The van der Waals surface area contributed by atoms with Gasteiger partial charge in [-0.25, -0.2) is 9.37 Å². The number of hydrogen-bond donors (Lipinski definition) is 1. The molecule has 0 aliphatic rings. The highest BCUT2D eigenvalue weighted by molar-refractivity contribution is 5.32. The van der Waals surface area contributed by atoms with Crippen molar-refractivity contribution in [3.05, 3.63) is 47.7 Å². The fraction of sp³-hybridized carbons (Fsp3) is 0.231. The first-order valence-electron chi connectivity index (χ1n) is 5.59. The Morgan fingerprint density at radius 1 is 1.33 bits per heavy atom. The monoisotopic (exact) mass is 247 g/mol. The summed E-state index contributed by atoms with van der Waals surface area (Å²) in [4.78, 5) is 8.22.